The predicted molar refractivity (Wildman–Crippen MR) is 130 cm³/mol. The Balaban J connectivity index is 1.63. The summed E-state index contributed by atoms with van der Waals surface area (Å²) < 4.78 is 44.2. The molecule has 1 N–H and O–H groups in total. The second-order valence-electron chi connectivity index (χ2n) is 8.75. The number of pyridine rings is 1. The number of esters is 1. The molecule has 1 atom stereocenters. The first-order valence-electron chi connectivity index (χ1n) is 11.7. The summed E-state index contributed by atoms with van der Waals surface area (Å²) in [6, 6.07) is 9.72. The number of nitriles is 1. The molecule has 0 spiro atoms. The van der Waals surface area contributed by atoms with Gasteiger partial charge < -0.3 is 15.0 Å². The molecule has 4 rings (SSSR count). The molecule has 0 aliphatic carbocycles. The number of aryl methyl sites for hydroxylation is 1. The lowest BCUT2D eigenvalue weighted by Crippen LogP contribution is -2.32. The third-order valence-corrected chi connectivity index (χ3v) is 6.12. The lowest BCUT2D eigenvalue weighted by Gasteiger charge is -2.32. The summed E-state index contributed by atoms with van der Waals surface area (Å²) in [6.45, 7) is 4.39. The highest BCUT2D eigenvalue weighted by Gasteiger charge is 2.32. The van der Waals surface area contributed by atoms with E-state index in [4.69, 9.17) is 4.74 Å². The van der Waals surface area contributed by atoms with Crippen molar-refractivity contribution in [2.24, 2.45) is 0 Å². The highest BCUT2D eigenvalue weighted by Crippen LogP contribution is 2.33. The van der Waals surface area contributed by atoms with Crippen molar-refractivity contribution < 1.29 is 22.7 Å². The number of rotatable bonds is 7. The smallest absolute Gasteiger partial charge is 0.433 e. The second kappa shape index (κ2) is 10.8. The van der Waals surface area contributed by atoms with Crippen LogP contribution in [0.15, 0.2) is 42.9 Å². The summed E-state index contributed by atoms with van der Waals surface area (Å²) in [5, 5.41) is 12.9. The van der Waals surface area contributed by atoms with Gasteiger partial charge in [-0.1, -0.05) is 12.1 Å². The molecule has 2 aromatic heterocycles. The molecule has 8 nitrogen and oxygen atoms in total. The summed E-state index contributed by atoms with van der Waals surface area (Å²) in [4.78, 5) is 25.8. The van der Waals surface area contributed by atoms with Gasteiger partial charge in [-0.25, -0.2) is 9.97 Å². The summed E-state index contributed by atoms with van der Waals surface area (Å²) in [5.41, 5.74) is 3.56. The fraction of sp³-hybridized carbons (Fsp3) is 0.346. The number of carbonyl (C=O) groups excluding carboxylic acids is 1. The molecule has 1 aromatic carbocycles. The van der Waals surface area contributed by atoms with Crippen LogP contribution in [-0.2, 0) is 28.7 Å². The number of nitrogens with zero attached hydrogens (tertiary/aromatic N) is 5. The number of anilines is 2. The van der Waals surface area contributed by atoms with Crippen molar-refractivity contribution in [3.8, 4) is 6.07 Å². The van der Waals surface area contributed by atoms with E-state index in [-0.39, 0.29) is 13.0 Å². The van der Waals surface area contributed by atoms with E-state index in [9.17, 15) is 23.2 Å². The van der Waals surface area contributed by atoms with Gasteiger partial charge in [0.25, 0.3) is 0 Å². The Labute approximate surface area is 212 Å². The highest BCUT2D eigenvalue weighted by molar-refractivity contribution is 5.66. The largest absolute Gasteiger partial charge is 0.466 e. The lowest BCUT2D eigenvalue weighted by atomic mass is 10.0. The molecule has 1 aliphatic rings. The first-order valence-corrected chi connectivity index (χ1v) is 11.7. The van der Waals surface area contributed by atoms with Gasteiger partial charge >= 0.3 is 12.1 Å². The monoisotopic (exact) mass is 510 g/mol. The van der Waals surface area contributed by atoms with Crippen molar-refractivity contribution >= 4 is 17.5 Å². The van der Waals surface area contributed by atoms with Gasteiger partial charge in [0.05, 0.1) is 29.6 Å². The van der Waals surface area contributed by atoms with Crippen molar-refractivity contribution in [2.75, 3.05) is 23.4 Å². The maximum Gasteiger partial charge on any atom is 0.433 e. The standard InChI is InChI=1S/C26H25F3N6O2/c1-16-3-5-23(19(11-16)12-30)35-9-7-22-20(14-35)25(33-15-32-22)34-21(8-10-37-17(2)36)18-4-6-24(31-13-18)26(27,28)29/h3-6,11,13,15,21H,7-10,14H2,1-2H3,(H,32,33,34)/t21-/m1/s1. The Hall–Kier alpha value is -4.20. The molecule has 1 aliphatic heterocycles. The average Bonchev–Trinajstić information content (AvgIpc) is 2.87. The Morgan fingerprint density at radius 1 is 1.24 bits per heavy atom. The van der Waals surface area contributed by atoms with Crippen LogP contribution in [0.3, 0.4) is 0 Å². The van der Waals surface area contributed by atoms with E-state index >= 15 is 0 Å². The lowest BCUT2D eigenvalue weighted by molar-refractivity contribution is -0.142. The number of hydrogen-bond donors (Lipinski definition) is 1. The quantitative estimate of drug-likeness (QED) is 0.455. The van der Waals surface area contributed by atoms with Crippen molar-refractivity contribution in [3.05, 3.63) is 76.5 Å². The topological polar surface area (TPSA) is 104 Å². The molecule has 0 radical (unpaired) electrons. The maximum atomic E-state index is 13.0. The third-order valence-electron chi connectivity index (χ3n) is 6.12. The second-order valence-corrected chi connectivity index (χ2v) is 8.75. The van der Waals surface area contributed by atoms with Gasteiger partial charge in [0.15, 0.2) is 0 Å². The summed E-state index contributed by atoms with van der Waals surface area (Å²) in [5.74, 6) is 0.0683. The molecule has 0 bridgehead atoms. The van der Waals surface area contributed by atoms with Crippen LogP contribution in [-0.4, -0.2) is 34.1 Å². The summed E-state index contributed by atoms with van der Waals surface area (Å²) in [7, 11) is 0. The van der Waals surface area contributed by atoms with Crippen LogP contribution in [0, 0.1) is 18.3 Å². The van der Waals surface area contributed by atoms with Gasteiger partial charge in [-0.15, -0.1) is 0 Å². The Morgan fingerprint density at radius 2 is 2.05 bits per heavy atom. The van der Waals surface area contributed by atoms with Gasteiger partial charge in [-0.3, -0.25) is 9.78 Å². The minimum Gasteiger partial charge on any atom is -0.466 e. The van der Waals surface area contributed by atoms with Gasteiger partial charge in [0.1, 0.15) is 23.9 Å². The minimum absolute atomic E-state index is 0.0579. The van der Waals surface area contributed by atoms with Crippen LogP contribution < -0.4 is 10.2 Å². The molecule has 192 valence electrons. The number of alkyl halides is 3. The van der Waals surface area contributed by atoms with Crippen molar-refractivity contribution in [2.45, 2.75) is 45.5 Å². The van der Waals surface area contributed by atoms with Crippen LogP contribution in [0.5, 0.6) is 0 Å². The normalized spacial score (nSPS) is 13.9. The van der Waals surface area contributed by atoms with E-state index < -0.39 is 23.9 Å². The SMILES string of the molecule is CC(=O)OCC[C@@H](Nc1ncnc2c1CN(c1ccc(C)cc1C#N)CC2)c1ccc(C(F)(F)F)nc1. The fourth-order valence-electron chi connectivity index (χ4n) is 4.27. The molecule has 0 saturated heterocycles. The van der Waals surface area contributed by atoms with Crippen LogP contribution in [0.25, 0.3) is 0 Å². The number of fused-ring (bicyclic) bond motifs is 1. The average molecular weight is 511 g/mol. The molecular weight excluding hydrogens is 485 g/mol. The van der Waals surface area contributed by atoms with Crippen molar-refractivity contribution in [3.63, 3.8) is 0 Å². The van der Waals surface area contributed by atoms with E-state index in [0.29, 0.717) is 36.5 Å². The van der Waals surface area contributed by atoms with Crippen molar-refractivity contribution in [1.29, 1.82) is 5.26 Å². The van der Waals surface area contributed by atoms with Gasteiger partial charge in [-0.2, -0.15) is 18.4 Å². The van der Waals surface area contributed by atoms with Crippen LogP contribution in [0.1, 0.15) is 53.0 Å². The number of hydrogen-bond acceptors (Lipinski definition) is 8. The molecule has 0 saturated carbocycles. The molecule has 3 aromatic rings. The fourth-order valence-corrected chi connectivity index (χ4v) is 4.27. The number of aromatic nitrogens is 3. The molecule has 0 amide bonds. The van der Waals surface area contributed by atoms with E-state index in [1.165, 1.54) is 25.5 Å². The highest BCUT2D eigenvalue weighted by atomic mass is 19.4. The van der Waals surface area contributed by atoms with Crippen LogP contribution >= 0.6 is 0 Å². The van der Waals surface area contributed by atoms with Gasteiger partial charge in [-0.05, 0) is 36.2 Å². The molecule has 3 heterocycles. The zero-order chi connectivity index (χ0) is 26.6. The number of nitrogens with one attached hydrogen (secondary N) is 1. The molecule has 37 heavy (non-hydrogen) atoms. The first-order chi connectivity index (χ1) is 17.7. The van der Waals surface area contributed by atoms with Crippen LogP contribution in [0.4, 0.5) is 24.7 Å². The molecule has 0 unspecified atom stereocenters. The number of ether oxygens (including phenoxy) is 1. The third kappa shape index (κ3) is 6.14. The predicted octanol–water partition coefficient (Wildman–Crippen LogP) is 4.74. The number of carbonyl (C=O) groups is 1. The van der Waals surface area contributed by atoms with Gasteiger partial charge in [0.2, 0.25) is 0 Å². The Morgan fingerprint density at radius 3 is 2.73 bits per heavy atom. The van der Waals surface area contributed by atoms with Gasteiger partial charge in [0, 0.05) is 44.6 Å². The van der Waals surface area contributed by atoms with E-state index in [0.717, 1.165) is 28.6 Å². The Bertz CT molecular complexity index is 1320. The number of benzene rings is 1. The maximum absolute atomic E-state index is 13.0. The number of halogens is 3. The van der Waals surface area contributed by atoms with Crippen LogP contribution in [0.2, 0.25) is 0 Å². The van der Waals surface area contributed by atoms with E-state index in [1.807, 2.05) is 25.1 Å². The summed E-state index contributed by atoms with van der Waals surface area (Å²) >= 11 is 0. The first kappa shape index (κ1) is 25.9. The zero-order valence-electron chi connectivity index (χ0n) is 20.3. The van der Waals surface area contributed by atoms with Crippen molar-refractivity contribution in [1.82, 2.24) is 15.0 Å². The van der Waals surface area contributed by atoms with E-state index in [1.54, 1.807) is 0 Å². The molecular formula is C26H25F3N6O2. The molecule has 0 fully saturated rings. The zero-order valence-corrected chi connectivity index (χ0v) is 20.3. The van der Waals surface area contributed by atoms with E-state index in [2.05, 4.69) is 31.2 Å². The minimum atomic E-state index is -4.55. The Kier molecular flexibility index (Phi) is 7.57. The molecule has 11 heteroatoms. The summed E-state index contributed by atoms with van der Waals surface area (Å²) in [6.07, 6.45) is -1.03.